The molecule has 0 saturated heterocycles. The van der Waals surface area contributed by atoms with Crippen LogP contribution in [0.2, 0.25) is 0 Å². The van der Waals surface area contributed by atoms with Crippen molar-refractivity contribution in [2.45, 2.75) is 0 Å². The number of fused-ring (bicyclic) bond motifs is 12. The molecule has 0 N–H and O–H groups in total. The molecule has 0 atom stereocenters. The Labute approximate surface area is 300 Å². The minimum Gasteiger partial charge on any atom is -0.310 e. The summed E-state index contributed by atoms with van der Waals surface area (Å²) in [5.74, 6) is 0. The highest BCUT2D eigenvalue weighted by Gasteiger charge is 2.21. The Bertz CT molecular complexity index is 3090. The molecule has 11 aromatic rings. The summed E-state index contributed by atoms with van der Waals surface area (Å²) in [6.07, 6.45) is 0. The molecule has 0 aliphatic rings. The summed E-state index contributed by atoms with van der Waals surface area (Å²) in [5, 5.41) is 10.6. The van der Waals surface area contributed by atoms with Gasteiger partial charge in [0, 0.05) is 71.9 Å². The van der Waals surface area contributed by atoms with E-state index in [9.17, 15) is 0 Å². The topological polar surface area (TPSA) is 3.24 Å². The van der Waals surface area contributed by atoms with Crippen LogP contribution in [-0.2, 0) is 0 Å². The quantitative estimate of drug-likeness (QED) is 0.178. The molecule has 4 heteroatoms. The van der Waals surface area contributed by atoms with E-state index in [1.165, 1.54) is 88.1 Å². The van der Waals surface area contributed by atoms with E-state index < -0.39 is 0 Å². The Hall–Kier alpha value is -5.52. The molecule has 0 fully saturated rings. The lowest BCUT2D eigenvalue weighted by Crippen LogP contribution is -2.10. The van der Waals surface area contributed by atoms with E-state index in [0.717, 1.165) is 11.4 Å². The molecule has 234 valence electrons. The second-order valence-corrected chi connectivity index (χ2v) is 16.1. The third-order valence-electron chi connectivity index (χ3n) is 10.1. The molecule has 1 nitrogen and oxygen atoms in total. The third kappa shape index (κ3) is 4.23. The van der Waals surface area contributed by atoms with E-state index in [1.54, 1.807) is 0 Å². The molecule has 3 heterocycles. The van der Waals surface area contributed by atoms with E-state index in [4.69, 9.17) is 0 Å². The van der Waals surface area contributed by atoms with Crippen molar-refractivity contribution in [3.63, 3.8) is 0 Å². The zero-order chi connectivity index (χ0) is 32.8. The van der Waals surface area contributed by atoms with Crippen LogP contribution in [0.25, 0.3) is 82.4 Å². The molecule has 8 aromatic carbocycles. The van der Waals surface area contributed by atoms with Crippen LogP contribution in [0.4, 0.5) is 17.1 Å². The highest BCUT2D eigenvalue weighted by Crippen LogP contribution is 2.49. The van der Waals surface area contributed by atoms with E-state index in [0.29, 0.717) is 0 Å². The fourth-order valence-corrected chi connectivity index (χ4v) is 11.3. The zero-order valence-corrected chi connectivity index (χ0v) is 29.2. The van der Waals surface area contributed by atoms with Crippen molar-refractivity contribution < 1.29 is 0 Å². The number of hydrogen-bond acceptors (Lipinski definition) is 4. The molecule has 0 spiro atoms. The molecule has 0 aliphatic heterocycles. The Morgan fingerprint density at radius 3 is 1.82 bits per heavy atom. The summed E-state index contributed by atoms with van der Waals surface area (Å²) in [4.78, 5) is 2.47. The van der Waals surface area contributed by atoms with Gasteiger partial charge in [-0.25, -0.2) is 0 Å². The number of nitrogens with zero attached hydrogens (tertiary/aromatic N) is 1. The number of thiophene rings is 3. The van der Waals surface area contributed by atoms with E-state index >= 15 is 0 Å². The monoisotopic (exact) mass is 689 g/mol. The fourth-order valence-electron chi connectivity index (χ4n) is 7.79. The Kier molecular flexibility index (Phi) is 6.23. The fraction of sp³-hybridized carbons (Fsp3) is 0. The van der Waals surface area contributed by atoms with Crippen LogP contribution < -0.4 is 4.90 Å². The van der Waals surface area contributed by atoms with E-state index in [-0.39, 0.29) is 0 Å². The van der Waals surface area contributed by atoms with Crippen LogP contribution >= 0.6 is 34.0 Å². The second kappa shape index (κ2) is 11.0. The number of benzene rings is 8. The highest BCUT2D eigenvalue weighted by atomic mass is 32.1. The number of hydrogen-bond donors (Lipinski definition) is 0. The third-order valence-corrected chi connectivity index (χ3v) is 13.5. The van der Waals surface area contributed by atoms with Crippen molar-refractivity contribution >= 4 is 122 Å². The molecular formula is C46H27NS3. The van der Waals surface area contributed by atoms with Crippen molar-refractivity contribution in [3.05, 3.63) is 164 Å². The van der Waals surface area contributed by atoms with Gasteiger partial charge in [-0.1, -0.05) is 103 Å². The standard InChI is InChI=1S/C46H27NS3/c1-2-9-28(10-3-1)29-17-20-31(21-18-29)47(37-14-8-16-40-43(37)34-13-6-7-15-38(34)48-40)32-22-24-39-36(27-32)45-41(49-39)25-26-42-44(45)35-23-19-30-11-4-5-12-33(30)46(35)50-42/h1-27H. The molecule has 0 bridgehead atoms. The van der Waals surface area contributed by atoms with Crippen LogP contribution in [0.15, 0.2) is 164 Å². The normalized spacial score (nSPS) is 12.0. The predicted octanol–water partition coefficient (Wildman–Crippen LogP) is 15.1. The molecule has 3 aromatic heterocycles. The van der Waals surface area contributed by atoms with Gasteiger partial charge < -0.3 is 4.90 Å². The van der Waals surface area contributed by atoms with Crippen molar-refractivity contribution in [2.24, 2.45) is 0 Å². The first-order valence-electron chi connectivity index (χ1n) is 16.8. The largest absolute Gasteiger partial charge is 0.310 e. The maximum Gasteiger partial charge on any atom is 0.0554 e. The van der Waals surface area contributed by atoms with Gasteiger partial charge in [-0.3, -0.25) is 0 Å². The van der Waals surface area contributed by atoms with E-state index in [1.807, 2.05) is 34.0 Å². The van der Waals surface area contributed by atoms with Crippen molar-refractivity contribution in [3.8, 4) is 11.1 Å². The lowest BCUT2D eigenvalue weighted by molar-refractivity contribution is 1.31. The summed E-state index contributed by atoms with van der Waals surface area (Å²) in [5.41, 5.74) is 5.94. The van der Waals surface area contributed by atoms with Crippen molar-refractivity contribution in [1.29, 1.82) is 0 Å². The second-order valence-electron chi connectivity index (χ2n) is 12.9. The average molecular weight is 690 g/mol. The van der Waals surface area contributed by atoms with Gasteiger partial charge in [0.15, 0.2) is 0 Å². The summed E-state index contributed by atoms with van der Waals surface area (Å²) in [7, 11) is 0. The molecule has 11 rings (SSSR count). The van der Waals surface area contributed by atoms with Gasteiger partial charge in [0.05, 0.1) is 5.69 Å². The molecule has 0 saturated carbocycles. The minimum absolute atomic E-state index is 1.14. The number of rotatable bonds is 4. The molecule has 0 amide bonds. The lowest BCUT2D eigenvalue weighted by Gasteiger charge is -2.27. The highest BCUT2D eigenvalue weighted by molar-refractivity contribution is 7.28. The first-order chi connectivity index (χ1) is 24.8. The van der Waals surface area contributed by atoms with Crippen LogP contribution in [-0.4, -0.2) is 0 Å². The van der Waals surface area contributed by atoms with Crippen LogP contribution in [0.5, 0.6) is 0 Å². The van der Waals surface area contributed by atoms with Gasteiger partial charge in [-0.05, 0) is 82.6 Å². The SMILES string of the molecule is c1ccc(-c2ccc(N(c3ccc4sc5ccc6sc7c8ccccc8ccc7c6c5c4c3)c3cccc4sc5ccccc5c34)cc2)cc1. The lowest BCUT2D eigenvalue weighted by atomic mass is 10.0. The predicted molar refractivity (Wildman–Crippen MR) is 223 cm³/mol. The minimum atomic E-state index is 1.14. The Morgan fingerprint density at radius 2 is 0.960 bits per heavy atom. The van der Waals surface area contributed by atoms with Gasteiger partial charge in [-0.15, -0.1) is 34.0 Å². The van der Waals surface area contributed by atoms with Crippen LogP contribution in [0.3, 0.4) is 0 Å². The zero-order valence-electron chi connectivity index (χ0n) is 26.8. The summed E-state index contributed by atoms with van der Waals surface area (Å²) in [6, 6.07) is 60.5. The number of anilines is 3. The molecular weight excluding hydrogens is 663 g/mol. The van der Waals surface area contributed by atoms with Gasteiger partial charge in [-0.2, -0.15) is 0 Å². The van der Waals surface area contributed by atoms with Crippen LogP contribution in [0, 0.1) is 0 Å². The Balaban J connectivity index is 1.19. The van der Waals surface area contributed by atoms with Gasteiger partial charge in [0.1, 0.15) is 0 Å². The summed E-state index contributed by atoms with van der Waals surface area (Å²) in [6.45, 7) is 0. The molecule has 0 aliphatic carbocycles. The molecule has 50 heavy (non-hydrogen) atoms. The smallest absolute Gasteiger partial charge is 0.0554 e. The van der Waals surface area contributed by atoms with Crippen molar-refractivity contribution in [2.75, 3.05) is 4.90 Å². The Morgan fingerprint density at radius 1 is 0.340 bits per heavy atom. The molecule has 0 radical (unpaired) electrons. The maximum atomic E-state index is 2.47. The first kappa shape index (κ1) is 28.3. The first-order valence-corrected chi connectivity index (χ1v) is 19.3. The van der Waals surface area contributed by atoms with Gasteiger partial charge in [0.2, 0.25) is 0 Å². The maximum absolute atomic E-state index is 2.47. The van der Waals surface area contributed by atoms with Gasteiger partial charge >= 0.3 is 0 Å². The van der Waals surface area contributed by atoms with Crippen LogP contribution in [0.1, 0.15) is 0 Å². The van der Waals surface area contributed by atoms with E-state index in [2.05, 4.69) is 169 Å². The summed E-state index contributed by atoms with van der Waals surface area (Å²) >= 11 is 5.69. The van der Waals surface area contributed by atoms with Gasteiger partial charge in [0.25, 0.3) is 0 Å². The average Bonchev–Trinajstić information content (AvgIpc) is 3.87. The van der Waals surface area contributed by atoms with Crippen molar-refractivity contribution in [1.82, 2.24) is 0 Å². The molecule has 0 unspecified atom stereocenters. The summed E-state index contributed by atoms with van der Waals surface area (Å²) < 4.78 is 7.98.